The molecule has 0 aliphatic rings. The highest BCUT2D eigenvalue weighted by Gasteiger charge is 2.28. The molecular formula is C25H28N2O4S. The van der Waals surface area contributed by atoms with Crippen LogP contribution in [0.2, 0.25) is 0 Å². The molecule has 0 atom stereocenters. The van der Waals surface area contributed by atoms with E-state index < -0.39 is 15.9 Å². The molecule has 0 saturated carbocycles. The molecule has 0 aliphatic carbocycles. The van der Waals surface area contributed by atoms with Gasteiger partial charge in [0.05, 0.1) is 17.7 Å². The number of rotatable bonds is 7. The third kappa shape index (κ3) is 5.11. The van der Waals surface area contributed by atoms with Gasteiger partial charge in [-0.2, -0.15) is 0 Å². The molecule has 0 spiro atoms. The van der Waals surface area contributed by atoms with Gasteiger partial charge in [0.15, 0.2) is 0 Å². The maximum atomic E-state index is 13.5. The molecule has 0 radical (unpaired) electrons. The zero-order chi connectivity index (χ0) is 23.5. The molecule has 1 amide bonds. The van der Waals surface area contributed by atoms with E-state index in [-0.39, 0.29) is 11.4 Å². The van der Waals surface area contributed by atoms with Crippen LogP contribution < -0.4 is 14.4 Å². The molecule has 0 aromatic heterocycles. The Bertz CT molecular complexity index is 1210. The van der Waals surface area contributed by atoms with E-state index in [2.05, 4.69) is 5.32 Å². The lowest BCUT2D eigenvalue weighted by Gasteiger charge is -2.25. The Morgan fingerprint density at radius 3 is 2.12 bits per heavy atom. The second-order valence-electron chi connectivity index (χ2n) is 7.85. The van der Waals surface area contributed by atoms with Crippen molar-refractivity contribution in [3.63, 3.8) is 0 Å². The summed E-state index contributed by atoms with van der Waals surface area (Å²) in [5.74, 6) is 0.0656. The summed E-state index contributed by atoms with van der Waals surface area (Å²) in [5, 5.41) is 2.89. The van der Waals surface area contributed by atoms with Crippen molar-refractivity contribution < 1.29 is 17.9 Å². The van der Waals surface area contributed by atoms with Crippen LogP contribution in [0.25, 0.3) is 0 Å². The van der Waals surface area contributed by atoms with Gasteiger partial charge in [-0.25, -0.2) is 8.42 Å². The number of amides is 1. The number of hydrogen-bond acceptors (Lipinski definition) is 4. The average Bonchev–Trinajstić information content (AvgIpc) is 2.74. The quantitative estimate of drug-likeness (QED) is 0.561. The number of hydrogen-bond donors (Lipinski definition) is 1. The highest BCUT2D eigenvalue weighted by molar-refractivity contribution is 7.92. The van der Waals surface area contributed by atoms with Crippen LogP contribution in [-0.2, 0) is 14.8 Å². The second kappa shape index (κ2) is 9.44. The summed E-state index contributed by atoms with van der Waals surface area (Å²) in [6.45, 7) is 7.33. The van der Waals surface area contributed by atoms with E-state index >= 15 is 0 Å². The number of carbonyl (C=O) groups is 1. The van der Waals surface area contributed by atoms with Crippen LogP contribution in [0, 0.1) is 27.7 Å². The van der Waals surface area contributed by atoms with Crippen LogP contribution in [0.1, 0.15) is 22.3 Å². The first kappa shape index (κ1) is 23.3. The van der Waals surface area contributed by atoms with E-state index in [1.54, 1.807) is 48.5 Å². The second-order valence-corrected chi connectivity index (χ2v) is 9.71. The fourth-order valence-corrected chi connectivity index (χ4v) is 5.02. The Hall–Kier alpha value is -3.32. The summed E-state index contributed by atoms with van der Waals surface area (Å²) in [4.78, 5) is 13.1. The van der Waals surface area contributed by atoms with Gasteiger partial charge in [-0.15, -0.1) is 0 Å². The summed E-state index contributed by atoms with van der Waals surface area (Å²) in [6.07, 6.45) is 0. The van der Waals surface area contributed by atoms with Crippen molar-refractivity contribution in [1.82, 2.24) is 0 Å². The number of anilines is 2. The Morgan fingerprint density at radius 2 is 1.53 bits per heavy atom. The zero-order valence-electron chi connectivity index (χ0n) is 19.0. The highest BCUT2D eigenvalue weighted by Crippen LogP contribution is 2.28. The minimum absolute atomic E-state index is 0.112. The van der Waals surface area contributed by atoms with E-state index in [4.69, 9.17) is 4.74 Å². The van der Waals surface area contributed by atoms with Gasteiger partial charge >= 0.3 is 0 Å². The lowest BCUT2D eigenvalue weighted by molar-refractivity contribution is -0.114. The molecule has 0 saturated heterocycles. The normalized spacial score (nSPS) is 11.2. The molecule has 0 bridgehead atoms. The van der Waals surface area contributed by atoms with Crippen LogP contribution in [0.15, 0.2) is 65.6 Å². The average molecular weight is 453 g/mol. The SMILES string of the molecule is COc1cccc(N(CC(=O)Nc2c(C)cc(C)cc2C)S(=O)(=O)c2ccc(C)cc2)c1. The number of carbonyl (C=O) groups excluding carboxylic acids is 1. The maximum Gasteiger partial charge on any atom is 0.264 e. The molecule has 3 aromatic carbocycles. The van der Waals surface area contributed by atoms with Crippen molar-refractivity contribution in [2.24, 2.45) is 0 Å². The number of nitrogens with zero attached hydrogens (tertiary/aromatic N) is 1. The number of methoxy groups -OCH3 is 1. The third-order valence-corrected chi connectivity index (χ3v) is 6.97. The Kier molecular flexibility index (Phi) is 6.89. The van der Waals surface area contributed by atoms with Gasteiger partial charge in [-0.3, -0.25) is 9.10 Å². The molecule has 32 heavy (non-hydrogen) atoms. The molecule has 0 aliphatic heterocycles. The Morgan fingerprint density at radius 1 is 0.906 bits per heavy atom. The fraction of sp³-hybridized carbons (Fsp3) is 0.240. The summed E-state index contributed by atoms with van der Waals surface area (Å²) >= 11 is 0. The predicted molar refractivity (Wildman–Crippen MR) is 128 cm³/mol. The molecule has 3 aromatic rings. The van der Waals surface area contributed by atoms with Crippen LogP contribution in [-0.4, -0.2) is 28.0 Å². The molecule has 168 valence electrons. The largest absolute Gasteiger partial charge is 0.497 e. The lowest BCUT2D eigenvalue weighted by Crippen LogP contribution is -2.38. The number of sulfonamides is 1. The van der Waals surface area contributed by atoms with Crippen molar-refractivity contribution in [1.29, 1.82) is 0 Å². The van der Waals surface area contributed by atoms with Gasteiger partial charge in [0.1, 0.15) is 12.3 Å². The van der Waals surface area contributed by atoms with E-state index in [0.717, 1.165) is 26.6 Å². The van der Waals surface area contributed by atoms with E-state index in [9.17, 15) is 13.2 Å². The molecule has 0 heterocycles. The topological polar surface area (TPSA) is 75.7 Å². The van der Waals surface area contributed by atoms with Crippen LogP contribution >= 0.6 is 0 Å². The molecule has 1 N–H and O–H groups in total. The first-order valence-electron chi connectivity index (χ1n) is 10.2. The number of benzene rings is 3. The van der Waals surface area contributed by atoms with Gasteiger partial charge < -0.3 is 10.1 Å². The summed E-state index contributed by atoms with van der Waals surface area (Å²) < 4.78 is 33.4. The third-order valence-electron chi connectivity index (χ3n) is 5.18. The van der Waals surface area contributed by atoms with Crippen molar-refractivity contribution in [3.8, 4) is 5.75 Å². The molecule has 7 heteroatoms. The van der Waals surface area contributed by atoms with Crippen molar-refractivity contribution in [2.45, 2.75) is 32.6 Å². The number of aryl methyl sites for hydroxylation is 4. The van der Waals surface area contributed by atoms with Crippen molar-refractivity contribution >= 4 is 27.3 Å². The lowest BCUT2D eigenvalue weighted by atomic mass is 10.1. The standard InChI is InChI=1S/C25H28N2O4S/c1-17-9-11-23(12-10-17)32(29,30)27(21-7-6-8-22(15-21)31-5)16-24(28)26-25-19(3)13-18(2)14-20(25)4/h6-15H,16H2,1-5H3,(H,26,28). The Balaban J connectivity index is 1.99. The highest BCUT2D eigenvalue weighted by atomic mass is 32.2. The van der Waals surface area contributed by atoms with Gasteiger partial charge in [-0.1, -0.05) is 41.5 Å². The van der Waals surface area contributed by atoms with Crippen molar-refractivity contribution in [3.05, 3.63) is 82.9 Å². The number of ether oxygens (including phenoxy) is 1. The minimum Gasteiger partial charge on any atom is -0.497 e. The first-order chi connectivity index (χ1) is 15.1. The van der Waals surface area contributed by atoms with E-state index in [0.29, 0.717) is 17.1 Å². The fourth-order valence-electron chi connectivity index (χ4n) is 3.60. The molecule has 3 rings (SSSR count). The van der Waals surface area contributed by atoms with Crippen LogP contribution in [0.4, 0.5) is 11.4 Å². The van der Waals surface area contributed by atoms with Crippen molar-refractivity contribution in [2.75, 3.05) is 23.3 Å². The first-order valence-corrected chi connectivity index (χ1v) is 11.7. The smallest absolute Gasteiger partial charge is 0.264 e. The van der Waals surface area contributed by atoms with Gasteiger partial charge in [0.25, 0.3) is 10.0 Å². The summed E-state index contributed by atoms with van der Waals surface area (Å²) in [5.41, 5.74) is 4.92. The monoisotopic (exact) mass is 452 g/mol. The Labute approximate surface area is 189 Å². The van der Waals surface area contributed by atoms with E-state index in [1.807, 2.05) is 39.8 Å². The number of nitrogens with one attached hydrogen (secondary N) is 1. The zero-order valence-corrected chi connectivity index (χ0v) is 19.8. The van der Waals surface area contributed by atoms with Crippen LogP contribution in [0.3, 0.4) is 0 Å². The van der Waals surface area contributed by atoms with E-state index in [1.165, 1.54) is 7.11 Å². The van der Waals surface area contributed by atoms with Crippen LogP contribution in [0.5, 0.6) is 5.75 Å². The minimum atomic E-state index is -3.99. The maximum absolute atomic E-state index is 13.5. The molecular weight excluding hydrogens is 424 g/mol. The summed E-state index contributed by atoms with van der Waals surface area (Å²) in [7, 11) is -2.49. The molecule has 0 fully saturated rings. The van der Waals surface area contributed by atoms with Gasteiger partial charge in [-0.05, 0) is 63.1 Å². The van der Waals surface area contributed by atoms with Gasteiger partial charge in [0, 0.05) is 11.8 Å². The molecule has 0 unspecified atom stereocenters. The summed E-state index contributed by atoms with van der Waals surface area (Å²) in [6, 6.07) is 17.2. The van der Waals surface area contributed by atoms with Gasteiger partial charge in [0.2, 0.25) is 5.91 Å². The molecule has 6 nitrogen and oxygen atoms in total. The predicted octanol–water partition coefficient (Wildman–Crippen LogP) is 4.76.